The van der Waals surface area contributed by atoms with Crippen molar-refractivity contribution < 1.29 is 19.5 Å². The van der Waals surface area contributed by atoms with E-state index in [1.807, 2.05) is 91.0 Å². The van der Waals surface area contributed by atoms with Crippen LogP contribution in [0.2, 0.25) is 0 Å². The first-order valence-corrected chi connectivity index (χ1v) is 12.2. The molecule has 1 aliphatic rings. The summed E-state index contributed by atoms with van der Waals surface area (Å²) in [6.07, 6.45) is 0.315. The van der Waals surface area contributed by atoms with Crippen LogP contribution in [0.3, 0.4) is 0 Å². The van der Waals surface area contributed by atoms with E-state index in [4.69, 9.17) is 0 Å². The average molecular weight is 445 g/mol. The Morgan fingerprint density at radius 2 is 1.25 bits per heavy atom. The largest absolute Gasteiger partial charge is 0.477 e. The SMILES string of the molecule is CC(=O)C[C@@H]1CC(=O)N1C(C(=O)O)=P(c1ccccc1)(c1ccccc1)c1ccccc1. The number of Topliss-reactive ketones (excluding diaryl/α,β-unsaturated/α-hetero) is 1. The molecule has 6 heteroatoms. The summed E-state index contributed by atoms with van der Waals surface area (Å²) < 4.78 is 0. The van der Waals surface area contributed by atoms with Crippen LogP contribution in [-0.2, 0) is 14.4 Å². The van der Waals surface area contributed by atoms with Crippen molar-refractivity contribution in [3.63, 3.8) is 0 Å². The number of carboxylic acid groups (broad SMARTS) is 1. The molecule has 0 spiro atoms. The number of aliphatic carboxylic acids is 1. The number of carboxylic acids is 1. The maximum Gasteiger partial charge on any atom is 0.353 e. The third-order valence-electron chi connectivity index (χ3n) is 5.73. The molecule has 0 aliphatic carbocycles. The maximum atomic E-state index is 13.0. The summed E-state index contributed by atoms with van der Waals surface area (Å²) in [5.41, 5.74) is 0.0589. The number of likely N-dealkylation sites (tertiary alicyclic amines) is 1. The molecule has 0 bridgehead atoms. The molecule has 4 rings (SSSR count). The second-order valence-corrected chi connectivity index (χ2v) is 11.1. The van der Waals surface area contributed by atoms with E-state index in [0.717, 1.165) is 15.9 Å². The van der Waals surface area contributed by atoms with E-state index < -0.39 is 18.9 Å². The summed E-state index contributed by atoms with van der Waals surface area (Å²) >= 11 is 0. The van der Waals surface area contributed by atoms with E-state index in [-0.39, 0.29) is 29.9 Å². The lowest BCUT2D eigenvalue weighted by molar-refractivity contribution is -0.143. The van der Waals surface area contributed by atoms with Gasteiger partial charge in [-0.2, -0.15) is 0 Å². The van der Waals surface area contributed by atoms with Crippen LogP contribution in [0.15, 0.2) is 91.0 Å². The quantitative estimate of drug-likeness (QED) is 0.448. The van der Waals surface area contributed by atoms with E-state index in [9.17, 15) is 19.5 Å². The zero-order chi connectivity index (χ0) is 22.7. The van der Waals surface area contributed by atoms with Gasteiger partial charge in [-0.15, -0.1) is 0 Å². The minimum absolute atomic E-state index is 0.0589. The minimum atomic E-state index is -2.95. The molecule has 1 fully saturated rings. The van der Waals surface area contributed by atoms with Crippen molar-refractivity contribution in [2.45, 2.75) is 25.8 Å². The Bertz CT molecular complexity index is 1100. The van der Waals surface area contributed by atoms with Crippen LogP contribution < -0.4 is 15.9 Å². The van der Waals surface area contributed by atoms with Crippen molar-refractivity contribution in [1.29, 1.82) is 0 Å². The lowest BCUT2D eigenvalue weighted by Gasteiger charge is -2.44. The first-order chi connectivity index (χ1) is 15.5. The Morgan fingerprint density at radius 1 is 0.844 bits per heavy atom. The normalized spacial score (nSPS) is 15.7. The summed E-state index contributed by atoms with van der Waals surface area (Å²) in [6, 6.07) is 28.2. The second-order valence-electron chi connectivity index (χ2n) is 7.83. The molecule has 3 aromatic rings. The van der Waals surface area contributed by atoms with Crippen molar-refractivity contribution in [3.05, 3.63) is 91.0 Å². The highest BCUT2D eigenvalue weighted by molar-refractivity contribution is 7.96. The van der Waals surface area contributed by atoms with E-state index in [0.29, 0.717) is 0 Å². The summed E-state index contributed by atoms with van der Waals surface area (Å²) in [5.74, 6) is -1.47. The van der Waals surface area contributed by atoms with E-state index in [2.05, 4.69) is 0 Å². The Balaban J connectivity index is 2.19. The fourth-order valence-electron chi connectivity index (χ4n) is 4.45. The Labute approximate surface area is 187 Å². The highest BCUT2D eigenvalue weighted by atomic mass is 31.2. The topological polar surface area (TPSA) is 74.7 Å². The summed E-state index contributed by atoms with van der Waals surface area (Å²) in [4.78, 5) is 39.1. The molecule has 1 N–H and O–H groups in total. The van der Waals surface area contributed by atoms with Gasteiger partial charge in [-0.1, -0.05) is 91.0 Å². The van der Waals surface area contributed by atoms with E-state index in [1.54, 1.807) is 0 Å². The fraction of sp³-hybridized carbons (Fsp3) is 0.154. The van der Waals surface area contributed by atoms with Gasteiger partial charge in [0.2, 0.25) is 5.91 Å². The summed E-state index contributed by atoms with van der Waals surface area (Å²) in [5, 5.41) is 13.1. The first kappa shape index (κ1) is 21.8. The molecule has 162 valence electrons. The molecular weight excluding hydrogens is 421 g/mol. The smallest absolute Gasteiger partial charge is 0.353 e. The predicted molar refractivity (Wildman–Crippen MR) is 128 cm³/mol. The molecule has 1 aliphatic heterocycles. The van der Waals surface area contributed by atoms with Crippen LogP contribution >= 0.6 is 6.89 Å². The van der Waals surface area contributed by atoms with Gasteiger partial charge in [-0.05, 0) is 22.8 Å². The monoisotopic (exact) mass is 445 g/mol. The van der Waals surface area contributed by atoms with Gasteiger partial charge < -0.3 is 10.0 Å². The summed E-state index contributed by atoms with van der Waals surface area (Å²) in [7, 11) is 0. The number of nitrogens with zero attached hydrogens (tertiary/aromatic N) is 1. The number of carbonyl (C=O) groups excluding carboxylic acids is 2. The Morgan fingerprint density at radius 3 is 1.56 bits per heavy atom. The molecule has 1 heterocycles. The van der Waals surface area contributed by atoms with Gasteiger partial charge in [0.05, 0.1) is 6.04 Å². The highest BCUT2D eigenvalue weighted by Crippen LogP contribution is 2.48. The van der Waals surface area contributed by atoms with Crippen LogP contribution in [0.5, 0.6) is 0 Å². The van der Waals surface area contributed by atoms with Crippen LogP contribution in [-0.4, -0.2) is 39.1 Å². The molecule has 5 nitrogen and oxygen atoms in total. The molecule has 0 radical (unpaired) electrons. The molecule has 1 atom stereocenters. The molecule has 1 saturated heterocycles. The lowest BCUT2D eigenvalue weighted by atomic mass is 9.97. The van der Waals surface area contributed by atoms with E-state index in [1.165, 1.54) is 11.8 Å². The van der Waals surface area contributed by atoms with Crippen LogP contribution in [0.25, 0.3) is 0 Å². The second kappa shape index (κ2) is 8.97. The first-order valence-electron chi connectivity index (χ1n) is 10.4. The minimum Gasteiger partial charge on any atom is -0.477 e. The number of benzene rings is 3. The van der Waals surface area contributed by atoms with Crippen molar-refractivity contribution in [3.8, 4) is 0 Å². The van der Waals surface area contributed by atoms with Crippen LogP contribution in [0.1, 0.15) is 19.8 Å². The Hall–Kier alpha value is -3.43. The molecule has 3 aromatic carbocycles. The lowest BCUT2D eigenvalue weighted by Crippen LogP contribution is -2.59. The standard InChI is InChI=1S/C26H24NO4P/c1-19(28)17-20-18-24(29)27(20)25(26(30)31)32(21-11-5-2-6-12-21,22-13-7-3-8-14-22)23-15-9-4-10-16-23/h2-16,20H,17-18H2,1H3,(H,30,31)/t20-/m1/s1. The van der Waals surface area contributed by atoms with E-state index >= 15 is 0 Å². The number of hydrogen-bond acceptors (Lipinski definition) is 3. The summed E-state index contributed by atoms with van der Waals surface area (Å²) in [6.45, 7) is -1.48. The molecular formula is C26H24NO4P. The number of ketones is 1. The Kier molecular flexibility index (Phi) is 6.11. The van der Waals surface area contributed by atoms with Gasteiger partial charge in [0.1, 0.15) is 11.2 Å². The zero-order valence-corrected chi connectivity index (χ0v) is 18.6. The molecule has 0 unspecified atom stereocenters. The molecule has 1 amide bonds. The van der Waals surface area contributed by atoms with Crippen molar-refractivity contribution in [1.82, 2.24) is 4.90 Å². The van der Waals surface area contributed by atoms with Gasteiger partial charge in [0.15, 0.2) is 0 Å². The maximum absolute atomic E-state index is 13.0. The van der Waals surface area contributed by atoms with Crippen LogP contribution in [0, 0.1) is 0 Å². The number of amides is 1. The third kappa shape index (κ3) is 3.69. The van der Waals surface area contributed by atoms with Crippen molar-refractivity contribution in [2.24, 2.45) is 0 Å². The fourth-order valence-corrected chi connectivity index (χ4v) is 8.82. The van der Waals surface area contributed by atoms with Gasteiger partial charge in [0.25, 0.3) is 0 Å². The number of carbonyl (C=O) groups is 3. The van der Waals surface area contributed by atoms with Gasteiger partial charge in [0, 0.05) is 19.7 Å². The molecule has 0 aromatic heterocycles. The third-order valence-corrected chi connectivity index (χ3v) is 10.00. The zero-order valence-electron chi connectivity index (χ0n) is 17.7. The van der Waals surface area contributed by atoms with Gasteiger partial charge >= 0.3 is 5.97 Å². The average Bonchev–Trinajstić information content (AvgIpc) is 2.80. The van der Waals surface area contributed by atoms with Gasteiger partial charge in [-0.25, -0.2) is 4.79 Å². The van der Waals surface area contributed by atoms with Crippen molar-refractivity contribution in [2.75, 3.05) is 0 Å². The van der Waals surface area contributed by atoms with Crippen molar-refractivity contribution >= 4 is 45.9 Å². The molecule has 0 saturated carbocycles. The van der Waals surface area contributed by atoms with Crippen LogP contribution in [0.4, 0.5) is 0 Å². The van der Waals surface area contributed by atoms with Gasteiger partial charge in [-0.3, -0.25) is 9.59 Å². The number of β-lactam (4-membered cyclic amide) rings is 1. The highest BCUT2D eigenvalue weighted by Gasteiger charge is 2.46. The predicted octanol–water partition coefficient (Wildman–Crippen LogP) is 2.78. The number of rotatable bonds is 7. The number of hydrogen-bond donors (Lipinski definition) is 1. The molecule has 32 heavy (non-hydrogen) atoms.